The van der Waals surface area contributed by atoms with Crippen molar-refractivity contribution in [1.82, 2.24) is 0 Å². The van der Waals surface area contributed by atoms with Crippen LogP contribution in [0.3, 0.4) is 0 Å². The van der Waals surface area contributed by atoms with Crippen LogP contribution in [-0.4, -0.2) is 0 Å². The molecule has 0 aliphatic heterocycles. The Bertz CT molecular complexity index is 805. The molecule has 0 aromatic heterocycles. The normalized spacial score (nSPS) is 12.8. The summed E-state index contributed by atoms with van der Waals surface area (Å²) in [4.78, 5) is 0. The van der Waals surface area contributed by atoms with Crippen molar-refractivity contribution >= 4 is 22.4 Å². The lowest BCUT2D eigenvalue weighted by molar-refractivity contribution is 0.627. The molecule has 0 unspecified atom stereocenters. The van der Waals surface area contributed by atoms with Crippen LogP contribution in [0, 0.1) is 5.82 Å². The molecule has 3 aromatic carbocycles. The van der Waals surface area contributed by atoms with Crippen LogP contribution in [0.5, 0.6) is 0 Å². The smallest absolute Gasteiger partial charge is 0.123 e. The largest absolute Gasteiger partial charge is 0.207 e. The predicted octanol–water partition coefficient (Wildman–Crippen LogP) is 4.88. The molecule has 90 valence electrons. The molecule has 0 saturated heterocycles. The van der Waals surface area contributed by atoms with Crippen molar-refractivity contribution in [2.75, 3.05) is 0 Å². The second-order valence-corrected chi connectivity index (χ2v) is 4.82. The van der Waals surface area contributed by atoms with Crippen LogP contribution in [0.2, 0.25) is 0 Å². The lowest BCUT2D eigenvalue weighted by Crippen LogP contribution is -1.85. The molecule has 0 nitrogen and oxygen atoms in total. The molecule has 0 radical (unpaired) electrons. The number of rotatable bonds is 1. The highest BCUT2D eigenvalue weighted by atomic mass is 19.1. The Hall–Kier alpha value is -2.41. The molecule has 0 bridgehead atoms. The molecule has 0 saturated carbocycles. The third-order valence-electron chi connectivity index (χ3n) is 3.68. The second-order valence-electron chi connectivity index (χ2n) is 4.82. The van der Waals surface area contributed by atoms with E-state index >= 15 is 0 Å². The molecule has 1 aliphatic rings. The molecule has 3 aromatic rings. The molecule has 1 heteroatoms. The molecule has 0 atom stereocenters. The fourth-order valence-corrected chi connectivity index (χ4v) is 2.82. The zero-order chi connectivity index (χ0) is 12.8. The topological polar surface area (TPSA) is 0 Å². The highest BCUT2D eigenvalue weighted by Gasteiger charge is 2.17. The molecule has 4 rings (SSSR count). The minimum absolute atomic E-state index is 0.196. The minimum atomic E-state index is -0.196. The van der Waals surface area contributed by atoms with E-state index in [9.17, 15) is 4.39 Å². The summed E-state index contributed by atoms with van der Waals surface area (Å²) in [5.41, 5.74) is 4.71. The van der Waals surface area contributed by atoms with E-state index in [1.54, 1.807) is 0 Å². The van der Waals surface area contributed by atoms with Crippen molar-refractivity contribution in [1.29, 1.82) is 0 Å². The van der Waals surface area contributed by atoms with Crippen molar-refractivity contribution < 1.29 is 4.39 Å². The van der Waals surface area contributed by atoms with Crippen LogP contribution in [0.25, 0.3) is 22.4 Å². The quantitative estimate of drug-likeness (QED) is 0.449. The fraction of sp³-hybridized carbons (Fsp3) is 0. The third-order valence-corrected chi connectivity index (χ3v) is 3.68. The van der Waals surface area contributed by atoms with Gasteiger partial charge in [-0.05, 0) is 51.2 Å². The first kappa shape index (κ1) is 10.5. The lowest BCUT2D eigenvalue weighted by atomic mass is 9.98. The summed E-state index contributed by atoms with van der Waals surface area (Å²) < 4.78 is 13.0. The van der Waals surface area contributed by atoms with Gasteiger partial charge in [-0.15, -0.1) is 0 Å². The van der Waals surface area contributed by atoms with Crippen molar-refractivity contribution in [3.63, 3.8) is 0 Å². The summed E-state index contributed by atoms with van der Waals surface area (Å²) in [6.07, 6.45) is 2.19. The summed E-state index contributed by atoms with van der Waals surface area (Å²) in [7, 11) is 0. The van der Waals surface area contributed by atoms with E-state index < -0.39 is 0 Å². The first-order valence-electron chi connectivity index (χ1n) is 6.33. The monoisotopic (exact) mass is 246 g/mol. The van der Waals surface area contributed by atoms with Gasteiger partial charge in [0.25, 0.3) is 0 Å². The van der Waals surface area contributed by atoms with E-state index in [1.807, 2.05) is 12.1 Å². The van der Waals surface area contributed by atoms with E-state index in [2.05, 4.69) is 42.5 Å². The average Bonchev–Trinajstić information content (AvgIpc) is 2.82. The second kappa shape index (κ2) is 3.79. The first-order valence-corrected chi connectivity index (χ1v) is 6.33. The van der Waals surface area contributed by atoms with Gasteiger partial charge in [0.15, 0.2) is 0 Å². The van der Waals surface area contributed by atoms with Gasteiger partial charge in [0.2, 0.25) is 0 Å². The predicted molar refractivity (Wildman–Crippen MR) is 77.3 cm³/mol. The van der Waals surface area contributed by atoms with Crippen LogP contribution in [-0.2, 0) is 0 Å². The van der Waals surface area contributed by atoms with Crippen LogP contribution < -0.4 is 0 Å². The molecule has 0 amide bonds. The maximum absolute atomic E-state index is 13.0. The van der Waals surface area contributed by atoms with E-state index in [0.717, 1.165) is 5.56 Å². The van der Waals surface area contributed by atoms with Crippen molar-refractivity contribution in [3.05, 3.63) is 83.2 Å². The zero-order valence-electron chi connectivity index (χ0n) is 10.2. The fourth-order valence-electron chi connectivity index (χ4n) is 2.82. The van der Waals surface area contributed by atoms with Gasteiger partial charge in [-0.1, -0.05) is 48.5 Å². The summed E-state index contributed by atoms with van der Waals surface area (Å²) in [6.45, 7) is 0. The third kappa shape index (κ3) is 1.52. The van der Waals surface area contributed by atoms with Gasteiger partial charge in [0.1, 0.15) is 5.82 Å². The van der Waals surface area contributed by atoms with Crippen molar-refractivity contribution in [2.45, 2.75) is 0 Å². The summed E-state index contributed by atoms with van der Waals surface area (Å²) in [5, 5.41) is 2.55. The van der Waals surface area contributed by atoms with E-state index in [4.69, 9.17) is 0 Å². The summed E-state index contributed by atoms with van der Waals surface area (Å²) in [6, 6.07) is 19.4. The highest BCUT2D eigenvalue weighted by Crippen LogP contribution is 2.39. The number of halogens is 1. The Kier molecular flexibility index (Phi) is 2.10. The Morgan fingerprint density at radius 1 is 0.737 bits per heavy atom. The number of hydrogen-bond acceptors (Lipinski definition) is 0. The molecule has 1 aliphatic carbocycles. The van der Waals surface area contributed by atoms with Crippen LogP contribution in [0.1, 0.15) is 16.7 Å². The van der Waals surface area contributed by atoms with Gasteiger partial charge < -0.3 is 0 Å². The minimum Gasteiger partial charge on any atom is -0.207 e. The van der Waals surface area contributed by atoms with Gasteiger partial charge in [-0.2, -0.15) is 0 Å². The van der Waals surface area contributed by atoms with Crippen molar-refractivity contribution in [3.8, 4) is 0 Å². The first-order chi connectivity index (χ1) is 9.33. The highest BCUT2D eigenvalue weighted by molar-refractivity contribution is 6.12. The standard InChI is InChI=1S/C18H11F/c19-15-9-7-12(8-10-15)17-11-14-5-1-3-13-4-2-6-16(17)18(13)14/h1-11H. The van der Waals surface area contributed by atoms with E-state index in [-0.39, 0.29) is 5.82 Å². The molecule has 0 heterocycles. The molecule has 19 heavy (non-hydrogen) atoms. The van der Waals surface area contributed by atoms with Crippen LogP contribution in [0.4, 0.5) is 4.39 Å². The summed E-state index contributed by atoms with van der Waals surface area (Å²) >= 11 is 0. The number of hydrogen-bond donors (Lipinski definition) is 0. The van der Waals surface area contributed by atoms with Crippen LogP contribution >= 0.6 is 0 Å². The van der Waals surface area contributed by atoms with Gasteiger partial charge in [-0.3, -0.25) is 0 Å². The molecular formula is C18H11F. The Morgan fingerprint density at radius 3 is 2.26 bits per heavy atom. The van der Waals surface area contributed by atoms with E-state index in [1.165, 1.54) is 39.6 Å². The Labute approximate surface area is 110 Å². The molecule has 0 fully saturated rings. The molecular weight excluding hydrogens is 235 g/mol. The van der Waals surface area contributed by atoms with E-state index in [0.29, 0.717) is 0 Å². The maximum Gasteiger partial charge on any atom is 0.123 e. The molecule has 0 spiro atoms. The lowest BCUT2D eigenvalue weighted by Gasteiger charge is -2.06. The van der Waals surface area contributed by atoms with Crippen molar-refractivity contribution in [2.24, 2.45) is 0 Å². The van der Waals surface area contributed by atoms with Gasteiger partial charge in [-0.25, -0.2) is 4.39 Å². The Morgan fingerprint density at radius 2 is 1.47 bits per heavy atom. The van der Waals surface area contributed by atoms with Gasteiger partial charge in [0.05, 0.1) is 0 Å². The number of benzene rings is 3. The zero-order valence-corrected chi connectivity index (χ0v) is 10.2. The maximum atomic E-state index is 13.0. The Balaban J connectivity index is 1.99. The average molecular weight is 246 g/mol. The molecule has 0 N–H and O–H groups in total. The SMILES string of the molecule is Fc1ccc(C2=Cc3cccc4cccc2c34)cc1. The summed E-state index contributed by atoms with van der Waals surface area (Å²) in [5.74, 6) is -0.196. The van der Waals surface area contributed by atoms with Crippen LogP contribution in [0.15, 0.2) is 60.7 Å². The van der Waals surface area contributed by atoms with Gasteiger partial charge >= 0.3 is 0 Å². The van der Waals surface area contributed by atoms with Gasteiger partial charge in [0, 0.05) is 0 Å².